The molecular formula is C10H15NOS. The van der Waals surface area contributed by atoms with Crippen LogP contribution in [0.2, 0.25) is 0 Å². The first-order valence-electron chi connectivity index (χ1n) is 4.50. The van der Waals surface area contributed by atoms with Crippen LogP contribution < -0.4 is 5.73 Å². The lowest BCUT2D eigenvalue weighted by Crippen LogP contribution is -2.12. The van der Waals surface area contributed by atoms with Gasteiger partial charge in [0.1, 0.15) is 0 Å². The molecule has 0 fully saturated rings. The highest BCUT2D eigenvalue weighted by atomic mass is 32.1. The summed E-state index contributed by atoms with van der Waals surface area (Å²) in [6, 6.07) is 3.78. The summed E-state index contributed by atoms with van der Waals surface area (Å²) >= 11 is 1.51. The largest absolute Gasteiger partial charge is 0.330 e. The molecule has 2 N–H and O–H groups in total. The lowest BCUT2D eigenvalue weighted by Gasteiger charge is -2.05. The third-order valence-corrected chi connectivity index (χ3v) is 2.97. The van der Waals surface area contributed by atoms with E-state index in [-0.39, 0.29) is 5.78 Å². The smallest absolute Gasteiger partial charge is 0.172 e. The van der Waals surface area contributed by atoms with Crippen molar-refractivity contribution >= 4 is 17.1 Å². The second kappa shape index (κ2) is 5.14. The van der Waals surface area contributed by atoms with Gasteiger partial charge in [0.25, 0.3) is 0 Å². The van der Waals surface area contributed by atoms with Crippen LogP contribution in [0.1, 0.15) is 29.4 Å². The second-order valence-electron chi connectivity index (χ2n) is 3.28. The van der Waals surface area contributed by atoms with Gasteiger partial charge in [-0.3, -0.25) is 4.79 Å². The molecule has 1 unspecified atom stereocenters. The molecule has 1 aromatic heterocycles. The zero-order valence-corrected chi connectivity index (χ0v) is 8.64. The van der Waals surface area contributed by atoms with Gasteiger partial charge in [0, 0.05) is 6.42 Å². The summed E-state index contributed by atoms with van der Waals surface area (Å²) in [7, 11) is 0. The fraction of sp³-hybridized carbons (Fsp3) is 0.500. The summed E-state index contributed by atoms with van der Waals surface area (Å²) in [4.78, 5) is 12.4. The molecular weight excluding hydrogens is 182 g/mol. The average molecular weight is 197 g/mol. The number of hydrogen-bond acceptors (Lipinski definition) is 3. The van der Waals surface area contributed by atoms with Crippen molar-refractivity contribution in [2.24, 2.45) is 11.7 Å². The monoisotopic (exact) mass is 197 g/mol. The molecule has 0 aliphatic heterocycles. The lowest BCUT2D eigenvalue weighted by atomic mass is 10.0. The van der Waals surface area contributed by atoms with Gasteiger partial charge >= 0.3 is 0 Å². The Bertz CT molecular complexity index is 256. The third-order valence-electron chi connectivity index (χ3n) is 2.06. The molecule has 1 heterocycles. The molecule has 0 radical (unpaired) electrons. The number of Topliss-reactive ketones (excluding diaryl/α,β-unsaturated/α-hetero) is 1. The van der Waals surface area contributed by atoms with Crippen molar-refractivity contribution in [1.82, 2.24) is 0 Å². The number of hydrogen-bond donors (Lipinski definition) is 1. The van der Waals surface area contributed by atoms with Gasteiger partial charge in [0.2, 0.25) is 0 Å². The molecule has 1 atom stereocenters. The van der Waals surface area contributed by atoms with Gasteiger partial charge in [-0.05, 0) is 30.3 Å². The molecule has 72 valence electrons. The molecule has 1 rings (SSSR count). The standard InChI is InChI=1S/C10H15NOS/c1-8(7-11)4-5-9(12)10-3-2-6-13-10/h2-3,6,8H,4-5,7,11H2,1H3. The Morgan fingerprint density at radius 2 is 2.46 bits per heavy atom. The Morgan fingerprint density at radius 3 is 3.00 bits per heavy atom. The van der Waals surface area contributed by atoms with E-state index in [9.17, 15) is 4.79 Å². The highest BCUT2D eigenvalue weighted by Crippen LogP contribution is 2.14. The number of ketones is 1. The highest BCUT2D eigenvalue weighted by Gasteiger charge is 2.08. The van der Waals surface area contributed by atoms with Crippen LogP contribution in [0.25, 0.3) is 0 Å². The maximum atomic E-state index is 11.5. The fourth-order valence-electron chi connectivity index (χ4n) is 1.06. The zero-order chi connectivity index (χ0) is 9.68. The molecule has 0 spiro atoms. The molecule has 0 bridgehead atoms. The molecule has 13 heavy (non-hydrogen) atoms. The normalized spacial score (nSPS) is 12.8. The van der Waals surface area contributed by atoms with E-state index in [0.717, 1.165) is 11.3 Å². The maximum absolute atomic E-state index is 11.5. The number of rotatable bonds is 5. The van der Waals surface area contributed by atoms with Crippen LogP contribution in [0.3, 0.4) is 0 Å². The van der Waals surface area contributed by atoms with Crippen LogP contribution in [0.15, 0.2) is 17.5 Å². The van der Waals surface area contributed by atoms with Crippen molar-refractivity contribution in [2.75, 3.05) is 6.54 Å². The quantitative estimate of drug-likeness (QED) is 0.736. The van der Waals surface area contributed by atoms with E-state index in [1.807, 2.05) is 17.5 Å². The summed E-state index contributed by atoms with van der Waals surface area (Å²) in [5.74, 6) is 0.694. The fourth-order valence-corrected chi connectivity index (χ4v) is 1.75. The Morgan fingerprint density at radius 1 is 1.69 bits per heavy atom. The predicted molar refractivity (Wildman–Crippen MR) is 56.1 cm³/mol. The maximum Gasteiger partial charge on any atom is 0.172 e. The lowest BCUT2D eigenvalue weighted by molar-refractivity contribution is 0.0979. The van der Waals surface area contributed by atoms with E-state index in [2.05, 4.69) is 6.92 Å². The van der Waals surface area contributed by atoms with Crippen molar-refractivity contribution < 1.29 is 4.79 Å². The van der Waals surface area contributed by atoms with Gasteiger partial charge in [-0.1, -0.05) is 13.0 Å². The minimum absolute atomic E-state index is 0.246. The number of thiophene rings is 1. The molecule has 0 aliphatic rings. The van der Waals surface area contributed by atoms with Crippen molar-refractivity contribution in [3.63, 3.8) is 0 Å². The Hall–Kier alpha value is -0.670. The summed E-state index contributed by atoms with van der Waals surface area (Å²) < 4.78 is 0. The Kier molecular flexibility index (Phi) is 4.12. The van der Waals surface area contributed by atoms with Crippen LogP contribution >= 0.6 is 11.3 Å². The van der Waals surface area contributed by atoms with Gasteiger partial charge in [-0.2, -0.15) is 0 Å². The van der Waals surface area contributed by atoms with Gasteiger partial charge in [0.05, 0.1) is 4.88 Å². The minimum atomic E-state index is 0.246. The molecule has 0 saturated heterocycles. The van der Waals surface area contributed by atoms with Crippen molar-refractivity contribution in [1.29, 1.82) is 0 Å². The van der Waals surface area contributed by atoms with Gasteiger partial charge < -0.3 is 5.73 Å². The first-order chi connectivity index (χ1) is 6.24. The molecule has 0 saturated carbocycles. The van der Waals surface area contributed by atoms with Crippen LogP contribution in [0, 0.1) is 5.92 Å². The topological polar surface area (TPSA) is 43.1 Å². The summed E-state index contributed by atoms with van der Waals surface area (Å²) in [5.41, 5.74) is 5.47. The van der Waals surface area contributed by atoms with Gasteiger partial charge in [-0.15, -0.1) is 11.3 Å². The summed E-state index contributed by atoms with van der Waals surface area (Å²) in [6.07, 6.45) is 1.52. The van der Waals surface area contributed by atoms with E-state index in [1.54, 1.807) is 0 Å². The van der Waals surface area contributed by atoms with Crippen LogP contribution in [-0.4, -0.2) is 12.3 Å². The third kappa shape index (κ3) is 3.28. The van der Waals surface area contributed by atoms with Crippen molar-refractivity contribution in [2.45, 2.75) is 19.8 Å². The van der Waals surface area contributed by atoms with Crippen molar-refractivity contribution in [3.05, 3.63) is 22.4 Å². The second-order valence-corrected chi connectivity index (χ2v) is 4.23. The van der Waals surface area contributed by atoms with E-state index < -0.39 is 0 Å². The first kappa shape index (κ1) is 10.4. The number of carbonyl (C=O) groups is 1. The van der Waals surface area contributed by atoms with Crippen molar-refractivity contribution in [3.8, 4) is 0 Å². The molecule has 3 heteroatoms. The van der Waals surface area contributed by atoms with Crippen LogP contribution in [0.4, 0.5) is 0 Å². The van der Waals surface area contributed by atoms with E-state index in [1.165, 1.54) is 11.3 Å². The van der Waals surface area contributed by atoms with E-state index in [4.69, 9.17) is 5.73 Å². The Balaban J connectivity index is 2.35. The Labute approximate surface area is 82.8 Å². The molecule has 0 amide bonds. The summed E-state index contributed by atoms with van der Waals surface area (Å²) in [6.45, 7) is 2.74. The molecule has 0 aromatic carbocycles. The van der Waals surface area contributed by atoms with Gasteiger partial charge in [-0.25, -0.2) is 0 Å². The van der Waals surface area contributed by atoms with E-state index >= 15 is 0 Å². The zero-order valence-electron chi connectivity index (χ0n) is 7.82. The first-order valence-corrected chi connectivity index (χ1v) is 5.38. The average Bonchev–Trinajstić information content (AvgIpc) is 2.66. The van der Waals surface area contributed by atoms with Crippen LogP contribution in [0.5, 0.6) is 0 Å². The minimum Gasteiger partial charge on any atom is -0.330 e. The highest BCUT2D eigenvalue weighted by molar-refractivity contribution is 7.12. The van der Waals surface area contributed by atoms with Crippen LogP contribution in [-0.2, 0) is 0 Å². The number of carbonyl (C=O) groups excluding carboxylic acids is 1. The SMILES string of the molecule is CC(CN)CCC(=O)c1cccs1. The molecule has 1 aromatic rings. The predicted octanol–water partition coefficient (Wildman–Crippen LogP) is 2.31. The molecule has 0 aliphatic carbocycles. The molecule has 2 nitrogen and oxygen atoms in total. The number of nitrogens with two attached hydrogens (primary N) is 1. The summed E-state index contributed by atoms with van der Waals surface area (Å²) in [5, 5.41) is 1.93. The van der Waals surface area contributed by atoms with E-state index in [0.29, 0.717) is 18.9 Å². The van der Waals surface area contributed by atoms with Gasteiger partial charge in [0.15, 0.2) is 5.78 Å².